The topological polar surface area (TPSA) is 55.2 Å². The van der Waals surface area contributed by atoms with Gasteiger partial charge in [0.2, 0.25) is 5.91 Å². The summed E-state index contributed by atoms with van der Waals surface area (Å²) in [5.74, 6) is 0.326. The zero-order chi connectivity index (χ0) is 14.7. The van der Waals surface area contributed by atoms with Gasteiger partial charge in [0.1, 0.15) is 6.54 Å². The number of amides is 1. The molecule has 5 heteroatoms. The maximum Gasteiger partial charge on any atom is 0.269 e. The summed E-state index contributed by atoms with van der Waals surface area (Å²) in [7, 11) is 1.76. The van der Waals surface area contributed by atoms with Crippen molar-refractivity contribution in [2.75, 3.05) is 13.6 Å². The van der Waals surface area contributed by atoms with Crippen LogP contribution < -0.4 is 5.56 Å². The van der Waals surface area contributed by atoms with Gasteiger partial charge in [-0.2, -0.15) is 0 Å². The molecule has 0 bridgehead atoms. The predicted molar refractivity (Wildman–Crippen MR) is 78.5 cm³/mol. The van der Waals surface area contributed by atoms with Crippen LogP contribution in [0.2, 0.25) is 0 Å². The molecule has 2 aromatic rings. The molecule has 20 heavy (non-hydrogen) atoms. The van der Waals surface area contributed by atoms with Crippen molar-refractivity contribution < 1.29 is 4.79 Å². The lowest BCUT2D eigenvalue weighted by Crippen LogP contribution is -2.36. The van der Waals surface area contributed by atoms with Crippen molar-refractivity contribution >= 4 is 16.9 Å². The van der Waals surface area contributed by atoms with Crippen LogP contribution in [0.4, 0.5) is 0 Å². The van der Waals surface area contributed by atoms with Crippen molar-refractivity contribution in [3.05, 3.63) is 40.8 Å². The lowest BCUT2D eigenvalue weighted by Gasteiger charge is -2.20. The molecule has 0 fully saturated rings. The molecule has 0 spiro atoms. The average Bonchev–Trinajstić information content (AvgIpc) is 2.41. The number of likely N-dealkylation sites (N-methyl/N-ethyl adjacent to an activating group) is 1. The number of benzene rings is 1. The highest BCUT2D eigenvalue weighted by Gasteiger charge is 2.13. The normalized spacial score (nSPS) is 11.0. The fourth-order valence-corrected chi connectivity index (χ4v) is 2.18. The molecule has 0 radical (unpaired) electrons. The quantitative estimate of drug-likeness (QED) is 0.848. The molecule has 106 valence electrons. The molecule has 0 saturated carbocycles. The summed E-state index contributed by atoms with van der Waals surface area (Å²) in [6.07, 6.45) is 1.26. The Bertz CT molecular complexity index is 676. The van der Waals surface area contributed by atoms with Gasteiger partial charge >= 0.3 is 0 Å². The number of carbonyl (C=O) groups excluding carboxylic acids is 1. The molecule has 0 aliphatic carbocycles. The van der Waals surface area contributed by atoms with E-state index in [4.69, 9.17) is 0 Å². The van der Waals surface area contributed by atoms with Crippen molar-refractivity contribution in [3.63, 3.8) is 0 Å². The molecule has 0 saturated heterocycles. The third-order valence-electron chi connectivity index (χ3n) is 3.11. The maximum atomic E-state index is 12.2. The van der Waals surface area contributed by atoms with Crippen LogP contribution in [0.15, 0.2) is 35.3 Å². The molecule has 0 unspecified atom stereocenters. The number of fused-ring (bicyclic) bond motifs is 1. The van der Waals surface area contributed by atoms with E-state index in [9.17, 15) is 9.59 Å². The molecule has 0 aliphatic rings. The van der Waals surface area contributed by atoms with Gasteiger partial charge in [-0.3, -0.25) is 14.2 Å². The fourth-order valence-electron chi connectivity index (χ4n) is 2.18. The van der Waals surface area contributed by atoms with Gasteiger partial charge in [0, 0.05) is 13.6 Å². The van der Waals surface area contributed by atoms with Crippen molar-refractivity contribution in [2.24, 2.45) is 5.92 Å². The molecular weight excluding hydrogens is 254 g/mol. The Balaban J connectivity index is 2.32. The van der Waals surface area contributed by atoms with E-state index >= 15 is 0 Å². The second-order valence-corrected chi connectivity index (χ2v) is 5.34. The summed E-state index contributed by atoms with van der Waals surface area (Å²) in [5.41, 5.74) is 1.15. The first kappa shape index (κ1) is 14.2. The molecule has 0 atom stereocenters. The summed E-state index contributed by atoms with van der Waals surface area (Å²) in [6, 6.07) is 7.33. The third kappa shape index (κ3) is 3.04. The van der Waals surface area contributed by atoms with Crippen molar-refractivity contribution in [2.45, 2.75) is 20.4 Å². The minimum atomic E-state index is -0.255. The molecule has 0 aliphatic heterocycles. The Morgan fingerprint density at radius 2 is 2.05 bits per heavy atom. The van der Waals surface area contributed by atoms with Gasteiger partial charge in [-0.05, 0) is 18.1 Å². The highest BCUT2D eigenvalue weighted by atomic mass is 16.2. The zero-order valence-corrected chi connectivity index (χ0v) is 12.0. The summed E-state index contributed by atoms with van der Waals surface area (Å²) in [6.45, 7) is 4.83. The number of carbonyl (C=O) groups is 1. The van der Waals surface area contributed by atoms with Crippen LogP contribution in [-0.4, -0.2) is 34.0 Å². The lowest BCUT2D eigenvalue weighted by molar-refractivity contribution is -0.130. The number of hydrogen-bond acceptors (Lipinski definition) is 3. The molecule has 5 nitrogen and oxygen atoms in total. The number of nitrogens with zero attached hydrogens (tertiary/aromatic N) is 3. The van der Waals surface area contributed by atoms with Crippen LogP contribution in [0.5, 0.6) is 0 Å². The van der Waals surface area contributed by atoms with Crippen molar-refractivity contribution in [1.82, 2.24) is 14.5 Å². The van der Waals surface area contributed by atoms with E-state index in [-0.39, 0.29) is 18.0 Å². The second kappa shape index (κ2) is 5.86. The van der Waals surface area contributed by atoms with Gasteiger partial charge < -0.3 is 4.90 Å². The zero-order valence-electron chi connectivity index (χ0n) is 12.0. The van der Waals surface area contributed by atoms with Gasteiger partial charge in [-0.25, -0.2) is 4.98 Å². The number of hydrogen-bond donors (Lipinski definition) is 0. The molecule has 1 amide bonds. The Morgan fingerprint density at radius 3 is 2.75 bits per heavy atom. The Labute approximate surface area is 117 Å². The van der Waals surface area contributed by atoms with Crippen LogP contribution in [0, 0.1) is 5.92 Å². The van der Waals surface area contributed by atoms with Crippen molar-refractivity contribution in [3.8, 4) is 0 Å². The molecule has 0 N–H and O–H groups in total. The molecule has 1 aromatic heterocycles. The maximum absolute atomic E-state index is 12.2. The average molecular weight is 273 g/mol. The lowest BCUT2D eigenvalue weighted by atomic mass is 10.2. The van der Waals surface area contributed by atoms with Gasteiger partial charge in [0.15, 0.2) is 0 Å². The van der Waals surface area contributed by atoms with Crippen LogP contribution in [0.3, 0.4) is 0 Å². The summed E-state index contributed by atoms with van der Waals surface area (Å²) < 4.78 is 1.47. The van der Waals surface area contributed by atoms with E-state index in [1.165, 1.54) is 10.8 Å². The molecule has 2 rings (SSSR count). The van der Waals surface area contributed by atoms with Gasteiger partial charge in [-0.1, -0.05) is 26.0 Å². The monoisotopic (exact) mass is 273 g/mol. The molecule has 1 aromatic carbocycles. The van der Waals surface area contributed by atoms with Crippen molar-refractivity contribution in [1.29, 1.82) is 0 Å². The van der Waals surface area contributed by atoms with Gasteiger partial charge in [-0.15, -0.1) is 0 Å². The van der Waals surface area contributed by atoms with Crippen LogP contribution in [0.1, 0.15) is 13.8 Å². The highest BCUT2D eigenvalue weighted by molar-refractivity contribution is 5.79. The van der Waals surface area contributed by atoms with E-state index < -0.39 is 0 Å². The summed E-state index contributed by atoms with van der Waals surface area (Å²) >= 11 is 0. The third-order valence-corrected chi connectivity index (χ3v) is 3.11. The highest BCUT2D eigenvalue weighted by Crippen LogP contribution is 2.08. The molecular formula is C15H19N3O2. The summed E-state index contributed by atoms with van der Waals surface area (Å²) in [5, 5.41) is 0. The number of aromatic nitrogens is 2. The van der Waals surface area contributed by atoms with Gasteiger partial charge in [0.25, 0.3) is 5.56 Å². The number of para-hydroxylation sites is 2. The predicted octanol–water partition coefficient (Wildman–Crippen LogP) is 1.51. The van der Waals surface area contributed by atoms with E-state index in [0.717, 1.165) is 0 Å². The SMILES string of the molecule is CC(C)CN(C)C(=O)Cn1c(=O)cnc2ccccc21. The first-order valence-electron chi connectivity index (χ1n) is 6.67. The minimum Gasteiger partial charge on any atom is -0.344 e. The van der Waals surface area contributed by atoms with Crippen LogP contribution in [-0.2, 0) is 11.3 Å². The second-order valence-electron chi connectivity index (χ2n) is 5.34. The van der Waals surface area contributed by atoms with E-state index in [2.05, 4.69) is 18.8 Å². The van der Waals surface area contributed by atoms with E-state index in [1.54, 1.807) is 18.0 Å². The van der Waals surface area contributed by atoms with E-state index in [0.29, 0.717) is 23.5 Å². The smallest absolute Gasteiger partial charge is 0.269 e. The first-order chi connectivity index (χ1) is 9.49. The van der Waals surface area contributed by atoms with Crippen LogP contribution in [0.25, 0.3) is 11.0 Å². The first-order valence-corrected chi connectivity index (χ1v) is 6.67. The minimum absolute atomic E-state index is 0.0467. The fraction of sp³-hybridized carbons (Fsp3) is 0.400. The Kier molecular flexibility index (Phi) is 4.17. The van der Waals surface area contributed by atoms with Crippen LogP contribution >= 0.6 is 0 Å². The largest absolute Gasteiger partial charge is 0.344 e. The Hall–Kier alpha value is -2.17. The molecule has 1 heterocycles. The standard InChI is InChI=1S/C15H19N3O2/c1-11(2)9-17(3)15(20)10-18-13-7-5-4-6-12(13)16-8-14(18)19/h4-8,11H,9-10H2,1-3H3. The Morgan fingerprint density at radius 1 is 1.35 bits per heavy atom. The summed E-state index contributed by atoms with van der Waals surface area (Å²) in [4.78, 5) is 29.9. The van der Waals surface area contributed by atoms with E-state index in [1.807, 2.05) is 18.2 Å². The van der Waals surface area contributed by atoms with Gasteiger partial charge in [0.05, 0.1) is 17.2 Å². The number of rotatable bonds is 4.